The third-order valence-electron chi connectivity index (χ3n) is 9.37. The Kier molecular flexibility index (Phi) is 6.75. The van der Waals surface area contributed by atoms with E-state index in [2.05, 4.69) is 16.5 Å². The van der Waals surface area contributed by atoms with Gasteiger partial charge in [-0.15, -0.1) is 0 Å². The van der Waals surface area contributed by atoms with E-state index in [1.807, 2.05) is 31.7 Å². The van der Waals surface area contributed by atoms with Crippen LogP contribution in [0.2, 0.25) is 0 Å². The van der Waals surface area contributed by atoms with E-state index < -0.39 is 5.69 Å². The zero-order valence-corrected chi connectivity index (χ0v) is 25.3. The molecule has 0 atom stereocenters. The number of amides is 1. The number of likely N-dealkylation sites (tertiary alicyclic amines) is 1. The third-order valence-corrected chi connectivity index (χ3v) is 9.37. The summed E-state index contributed by atoms with van der Waals surface area (Å²) in [6.45, 7) is 12.8. The van der Waals surface area contributed by atoms with Crippen LogP contribution in [0.5, 0.6) is 5.75 Å². The normalized spacial score (nSPS) is 17.1. The van der Waals surface area contributed by atoms with Gasteiger partial charge in [0.25, 0.3) is 0 Å². The number of nitrogens with zero attached hydrogens (tertiary/aromatic N) is 6. The van der Waals surface area contributed by atoms with E-state index in [0.29, 0.717) is 78.8 Å². The number of carbonyl (C=O) groups is 1. The van der Waals surface area contributed by atoms with Crippen LogP contribution in [0.4, 0.5) is 10.2 Å². The van der Waals surface area contributed by atoms with Gasteiger partial charge in [-0.3, -0.25) is 9.78 Å². The molecule has 0 aliphatic carbocycles. The summed E-state index contributed by atoms with van der Waals surface area (Å²) in [5.41, 5.74) is 3.88. The molecule has 1 spiro atoms. The SMILES string of the molecule is C=CC(=O)N1CC2(CCN(c3nc(=O)n(-c4c(C)ccnc4C(C)C)c4nc(-c5ccccc5F)c5c(c34)OCC5)CC2)C1. The second-order valence-corrected chi connectivity index (χ2v) is 12.5. The smallest absolute Gasteiger partial charge is 0.355 e. The summed E-state index contributed by atoms with van der Waals surface area (Å²) >= 11 is 0. The number of ether oxygens (including phenoxy) is 1. The molecule has 2 fully saturated rings. The molecule has 7 rings (SSSR count). The van der Waals surface area contributed by atoms with Crippen molar-refractivity contribution in [1.82, 2.24) is 24.4 Å². The van der Waals surface area contributed by atoms with Crippen LogP contribution in [0, 0.1) is 18.2 Å². The minimum Gasteiger partial charge on any atom is -0.492 e. The van der Waals surface area contributed by atoms with Crippen molar-refractivity contribution in [2.45, 2.75) is 46.0 Å². The van der Waals surface area contributed by atoms with Crippen LogP contribution in [0.1, 0.15) is 49.4 Å². The first-order chi connectivity index (χ1) is 21.2. The number of hydrogen-bond donors (Lipinski definition) is 0. The van der Waals surface area contributed by atoms with Crippen molar-refractivity contribution >= 4 is 22.8 Å². The van der Waals surface area contributed by atoms with E-state index in [9.17, 15) is 9.59 Å². The van der Waals surface area contributed by atoms with Gasteiger partial charge < -0.3 is 14.5 Å². The molecule has 0 N–H and O–H groups in total. The van der Waals surface area contributed by atoms with Crippen molar-refractivity contribution in [1.29, 1.82) is 0 Å². The van der Waals surface area contributed by atoms with Crippen LogP contribution >= 0.6 is 0 Å². The molecule has 3 aliphatic rings. The average Bonchev–Trinajstić information content (AvgIpc) is 3.49. The summed E-state index contributed by atoms with van der Waals surface area (Å²) in [4.78, 5) is 44.7. The number of piperidine rings is 1. The minimum absolute atomic E-state index is 0.0246. The quantitative estimate of drug-likeness (QED) is 0.302. The van der Waals surface area contributed by atoms with Crippen LogP contribution in [-0.4, -0.2) is 63.1 Å². The Bertz CT molecular complexity index is 1880. The first kappa shape index (κ1) is 28.2. The fraction of sp³-hybridized carbons (Fsp3) is 0.382. The molecule has 6 heterocycles. The highest BCUT2D eigenvalue weighted by Gasteiger charge is 2.46. The lowest BCUT2D eigenvalue weighted by atomic mass is 9.72. The third kappa shape index (κ3) is 4.38. The van der Waals surface area contributed by atoms with Crippen molar-refractivity contribution in [2.24, 2.45) is 5.41 Å². The second kappa shape index (κ2) is 10.5. The van der Waals surface area contributed by atoms with Crippen LogP contribution in [0.15, 0.2) is 54.0 Å². The van der Waals surface area contributed by atoms with E-state index in [1.165, 1.54) is 12.1 Å². The van der Waals surface area contributed by atoms with Gasteiger partial charge in [-0.1, -0.05) is 32.6 Å². The lowest BCUT2D eigenvalue weighted by molar-refractivity contribution is -0.139. The summed E-state index contributed by atoms with van der Waals surface area (Å²) in [7, 11) is 0. The van der Waals surface area contributed by atoms with Crippen molar-refractivity contribution in [3.8, 4) is 22.7 Å². The summed E-state index contributed by atoms with van der Waals surface area (Å²) in [6.07, 6.45) is 5.41. The van der Waals surface area contributed by atoms with Crippen LogP contribution in [0.3, 0.4) is 0 Å². The number of aromatic nitrogens is 4. The number of pyridine rings is 2. The molecule has 44 heavy (non-hydrogen) atoms. The van der Waals surface area contributed by atoms with Gasteiger partial charge in [0.15, 0.2) is 5.65 Å². The summed E-state index contributed by atoms with van der Waals surface area (Å²) < 4.78 is 23.1. The van der Waals surface area contributed by atoms with E-state index in [-0.39, 0.29) is 23.1 Å². The van der Waals surface area contributed by atoms with Gasteiger partial charge in [-0.05, 0) is 55.5 Å². The molecule has 2 saturated heterocycles. The molecular weight excluding hydrogens is 559 g/mol. The topological polar surface area (TPSA) is 93.5 Å². The largest absolute Gasteiger partial charge is 0.492 e. The van der Waals surface area contributed by atoms with Gasteiger partial charge in [0.1, 0.15) is 22.8 Å². The number of benzene rings is 1. The van der Waals surface area contributed by atoms with E-state index in [0.717, 1.165) is 29.7 Å². The molecule has 0 unspecified atom stereocenters. The Morgan fingerprint density at radius 2 is 1.89 bits per heavy atom. The van der Waals surface area contributed by atoms with Crippen LogP contribution < -0.4 is 15.3 Å². The van der Waals surface area contributed by atoms with Crippen molar-refractivity contribution in [3.63, 3.8) is 0 Å². The molecule has 4 aromatic rings. The number of anilines is 1. The van der Waals surface area contributed by atoms with Crippen molar-refractivity contribution in [2.75, 3.05) is 37.7 Å². The Morgan fingerprint density at radius 1 is 1.14 bits per heavy atom. The fourth-order valence-electron chi connectivity index (χ4n) is 7.03. The van der Waals surface area contributed by atoms with Gasteiger partial charge in [-0.25, -0.2) is 18.7 Å². The zero-order chi connectivity index (χ0) is 30.7. The van der Waals surface area contributed by atoms with Crippen LogP contribution in [0.25, 0.3) is 28.0 Å². The fourth-order valence-corrected chi connectivity index (χ4v) is 7.03. The first-order valence-corrected chi connectivity index (χ1v) is 15.2. The molecule has 9 nitrogen and oxygen atoms in total. The molecule has 0 radical (unpaired) electrons. The standard InChI is InChI=1S/C34H35FN6O3/c1-5-25(42)40-18-34(19-40)12-15-39(16-13-34)31-26-30-23(11-17-44-30)28(22-8-6-7-9-24(22)35)37-32(26)41(33(43)38-31)29-21(4)10-14-36-27(29)20(2)3/h5-10,14,20H,1,11-13,15-19H2,2-4H3. The summed E-state index contributed by atoms with van der Waals surface area (Å²) in [5, 5.41) is 0.656. The zero-order valence-electron chi connectivity index (χ0n) is 25.3. The van der Waals surface area contributed by atoms with E-state index in [4.69, 9.17) is 14.7 Å². The monoisotopic (exact) mass is 594 g/mol. The van der Waals surface area contributed by atoms with Gasteiger partial charge in [0.05, 0.1) is 23.7 Å². The lowest BCUT2D eigenvalue weighted by Gasteiger charge is -2.53. The number of halogens is 1. The maximum atomic E-state index is 15.3. The number of aryl methyl sites for hydroxylation is 1. The molecule has 0 saturated carbocycles. The molecule has 3 aromatic heterocycles. The van der Waals surface area contributed by atoms with Gasteiger partial charge in [0.2, 0.25) is 5.91 Å². The highest BCUT2D eigenvalue weighted by atomic mass is 19.1. The minimum atomic E-state index is -0.470. The Labute approximate surface area is 255 Å². The Hall–Kier alpha value is -4.60. The predicted octanol–water partition coefficient (Wildman–Crippen LogP) is 4.96. The maximum absolute atomic E-state index is 15.3. The molecular formula is C34H35FN6O3. The van der Waals surface area contributed by atoms with Gasteiger partial charge in [0, 0.05) is 55.3 Å². The lowest BCUT2D eigenvalue weighted by Crippen LogP contribution is -2.61. The second-order valence-electron chi connectivity index (χ2n) is 12.5. The summed E-state index contributed by atoms with van der Waals surface area (Å²) in [5.74, 6) is 0.737. The highest BCUT2D eigenvalue weighted by Crippen LogP contribution is 2.46. The molecule has 10 heteroatoms. The predicted molar refractivity (Wildman–Crippen MR) is 167 cm³/mol. The first-order valence-electron chi connectivity index (χ1n) is 15.2. The van der Waals surface area contributed by atoms with Crippen molar-refractivity contribution in [3.05, 3.63) is 82.3 Å². The van der Waals surface area contributed by atoms with E-state index >= 15 is 4.39 Å². The van der Waals surface area contributed by atoms with Gasteiger partial charge in [-0.2, -0.15) is 4.98 Å². The number of fused-ring (bicyclic) bond motifs is 3. The molecule has 1 amide bonds. The van der Waals surface area contributed by atoms with Crippen LogP contribution in [-0.2, 0) is 11.2 Å². The maximum Gasteiger partial charge on any atom is 0.355 e. The number of carbonyl (C=O) groups excluding carboxylic acids is 1. The Balaban J connectivity index is 1.43. The highest BCUT2D eigenvalue weighted by molar-refractivity contribution is 5.98. The van der Waals surface area contributed by atoms with Gasteiger partial charge >= 0.3 is 5.69 Å². The summed E-state index contributed by atoms with van der Waals surface area (Å²) in [6, 6.07) is 8.45. The Morgan fingerprint density at radius 3 is 2.59 bits per heavy atom. The average molecular weight is 595 g/mol. The number of hydrogen-bond acceptors (Lipinski definition) is 7. The van der Waals surface area contributed by atoms with Crippen molar-refractivity contribution < 1.29 is 13.9 Å². The molecule has 3 aliphatic heterocycles. The van der Waals surface area contributed by atoms with E-state index in [1.54, 1.807) is 29.0 Å². The molecule has 1 aromatic carbocycles. The molecule has 0 bridgehead atoms. The molecule has 226 valence electrons. The number of rotatable bonds is 5.